The van der Waals surface area contributed by atoms with Crippen molar-refractivity contribution in [1.82, 2.24) is 5.32 Å². The Balaban J connectivity index is 2.11. The molecule has 0 unspecified atom stereocenters. The number of halogens is 2. The van der Waals surface area contributed by atoms with Crippen LogP contribution in [0.25, 0.3) is 0 Å². The summed E-state index contributed by atoms with van der Waals surface area (Å²) in [5, 5.41) is 5.13. The van der Waals surface area contributed by atoms with Crippen LogP contribution in [0.5, 0.6) is 0 Å². The summed E-state index contributed by atoms with van der Waals surface area (Å²) in [6.07, 6.45) is 1.91. The van der Waals surface area contributed by atoms with Crippen molar-refractivity contribution >= 4 is 23.2 Å². The van der Waals surface area contributed by atoms with E-state index in [9.17, 15) is 0 Å². The molecule has 1 aromatic carbocycles. The lowest BCUT2D eigenvalue weighted by atomic mass is 9.89. The Hall–Kier alpha value is -0.280. The van der Waals surface area contributed by atoms with Crippen LogP contribution in [0.15, 0.2) is 18.2 Å². The molecule has 1 heterocycles. The minimum Gasteiger partial charge on any atom is -0.381 e. The predicted molar refractivity (Wildman–Crippen MR) is 81.2 cm³/mol. The van der Waals surface area contributed by atoms with E-state index >= 15 is 0 Å². The van der Waals surface area contributed by atoms with Crippen molar-refractivity contribution in [2.75, 3.05) is 13.2 Å². The second-order valence-corrected chi connectivity index (χ2v) is 6.27. The third-order valence-electron chi connectivity index (χ3n) is 3.55. The summed E-state index contributed by atoms with van der Waals surface area (Å²) in [4.78, 5) is 0. The number of hydrogen-bond acceptors (Lipinski definition) is 2. The first kappa shape index (κ1) is 15.1. The van der Waals surface area contributed by atoms with E-state index in [1.165, 1.54) is 0 Å². The van der Waals surface area contributed by atoms with Gasteiger partial charge in [-0.3, -0.25) is 0 Å². The summed E-state index contributed by atoms with van der Waals surface area (Å²) in [5.41, 5.74) is 1.04. The SMILES string of the molecule is CC(C)N[C@H]1CCOC[C@@H]1Cc1c(Cl)cccc1Cl. The van der Waals surface area contributed by atoms with Gasteiger partial charge in [0.15, 0.2) is 0 Å². The summed E-state index contributed by atoms with van der Waals surface area (Å²) in [7, 11) is 0. The molecule has 1 saturated heterocycles. The Labute approximate surface area is 125 Å². The van der Waals surface area contributed by atoms with Crippen molar-refractivity contribution in [3.05, 3.63) is 33.8 Å². The molecule has 0 aliphatic carbocycles. The minimum absolute atomic E-state index is 0.425. The molecule has 1 aromatic rings. The van der Waals surface area contributed by atoms with Crippen molar-refractivity contribution in [3.63, 3.8) is 0 Å². The number of rotatable bonds is 4. The van der Waals surface area contributed by atoms with Gasteiger partial charge in [0.05, 0.1) is 6.61 Å². The number of ether oxygens (including phenoxy) is 1. The average molecular weight is 302 g/mol. The van der Waals surface area contributed by atoms with Gasteiger partial charge in [-0.25, -0.2) is 0 Å². The van der Waals surface area contributed by atoms with E-state index in [2.05, 4.69) is 19.2 Å². The molecule has 1 aliphatic heterocycles. The first-order valence-electron chi connectivity index (χ1n) is 6.84. The van der Waals surface area contributed by atoms with Crippen LogP contribution in [0.2, 0.25) is 10.0 Å². The van der Waals surface area contributed by atoms with E-state index in [1.807, 2.05) is 18.2 Å². The maximum Gasteiger partial charge on any atom is 0.0512 e. The van der Waals surface area contributed by atoms with Gasteiger partial charge in [-0.05, 0) is 30.5 Å². The Morgan fingerprint density at radius 2 is 2.00 bits per heavy atom. The van der Waals surface area contributed by atoms with Crippen LogP contribution in [0.1, 0.15) is 25.8 Å². The van der Waals surface area contributed by atoms with Crippen LogP contribution in [-0.4, -0.2) is 25.3 Å². The van der Waals surface area contributed by atoms with E-state index in [0.29, 0.717) is 18.0 Å². The van der Waals surface area contributed by atoms with Crippen molar-refractivity contribution in [3.8, 4) is 0 Å². The summed E-state index contributed by atoms with van der Waals surface area (Å²) in [5.74, 6) is 0.425. The highest BCUT2D eigenvalue weighted by atomic mass is 35.5. The lowest BCUT2D eigenvalue weighted by Crippen LogP contribution is -2.46. The molecule has 2 rings (SSSR count). The number of hydrogen-bond donors (Lipinski definition) is 1. The van der Waals surface area contributed by atoms with Crippen LogP contribution in [0.4, 0.5) is 0 Å². The summed E-state index contributed by atoms with van der Waals surface area (Å²) < 4.78 is 5.62. The quantitative estimate of drug-likeness (QED) is 0.909. The van der Waals surface area contributed by atoms with E-state index < -0.39 is 0 Å². The van der Waals surface area contributed by atoms with E-state index in [1.54, 1.807) is 0 Å². The fourth-order valence-electron chi connectivity index (χ4n) is 2.64. The van der Waals surface area contributed by atoms with Crippen molar-refractivity contribution < 1.29 is 4.74 Å². The van der Waals surface area contributed by atoms with Crippen LogP contribution in [-0.2, 0) is 11.2 Å². The van der Waals surface area contributed by atoms with Gasteiger partial charge in [-0.15, -0.1) is 0 Å². The Bertz CT molecular complexity index is 402. The van der Waals surface area contributed by atoms with Crippen LogP contribution < -0.4 is 5.32 Å². The molecule has 0 radical (unpaired) electrons. The van der Waals surface area contributed by atoms with Gasteiger partial charge < -0.3 is 10.1 Å². The molecule has 0 spiro atoms. The summed E-state index contributed by atoms with van der Waals surface area (Å²) in [6.45, 7) is 5.95. The Morgan fingerprint density at radius 3 is 2.63 bits per heavy atom. The highest BCUT2D eigenvalue weighted by Gasteiger charge is 2.27. The van der Waals surface area contributed by atoms with Gasteiger partial charge in [-0.1, -0.05) is 43.1 Å². The molecule has 4 heteroatoms. The molecular formula is C15H21Cl2NO. The molecule has 2 nitrogen and oxygen atoms in total. The molecule has 0 amide bonds. The highest BCUT2D eigenvalue weighted by molar-refractivity contribution is 6.35. The van der Waals surface area contributed by atoms with Gasteiger partial charge in [-0.2, -0.15) is 0 Å². The molecule has 2 atom stereocenters. The smallest absolute Gasteiger partial charge is 0.0512 e. The number of nitrogens with one attached hydrogen (secondary N) is 1. The fourth-order valence-corrected chi connectivity index (χ4v) is 3.19. The lowest BCUT2D eigenvalue weighted by Gasteiger charge is -2.34. The van der Waals surface area contributed by atoms with E-state index in [4.69, 9.17) is 27.9 Å². The molecule has 1 fully saturated rings. The fraction of sp³-hybridized carbons (Fsp3) is 0.600. The van der Waals surface area contributed by atoms with Crippen LogP contribution >= 0.6 is 23.2 Å². The molecule has 0 aromatic heterocycles. The standard InChI is InChI=1S/C15H21Cl2NO/c1-10(2)18-15-6-7-19-9-11(15)8-12-13(16)4-3-5-14(12)17/h3-5,10-11,15,18H,6-9H2,1-2H3/t11-,15-/m0/s1. The number of benzene rings is 1. The summed E-state index contributed by atoms with van der Waals surface area (Å²) in [6, 6.07) is 6.64. The lowest BCUT2D eigenvalue weighted by molar-refractivity contribution is 0.0300. The van der Waals surface area contributed by atoms with Crippen molar-refractivity contribution in [2.24, 2.45) is 5.92 Å². The summed E-state index contributed by atoms with van der Waals surface area (Å²) >= 11 is 12.5. The van der Waals surface area contributed by atoms with E-state index in [-0.39, 0.29) is 0 Å². The molecule has 106 valence electrons. The normalized spacial score (nSPS) is 23.8. The maximum atomic E-state index is 6.26. The second kappa shape index (κ2) is 6.94. The van der Waals surface area contributed by atoms with Crippen molar-refractivity contribution in [1.29, 1.82) is 0 Å². The molecule has 0 saturated carbocycles. The van der Waals surface area contributed by atoms with Crippen LogP contribution in [0.3, 0.4) is 0 Å². The average Bonchev–Trinajstić information content (AvgIpc) is 2.35. The first-order valence-corrected chi connectivity index (χ1v) is 7.60. The third-order valence-corrected chi connectivity index (χ3v) is 4.26. The Morgan fingerprint density at radius 1 is 1.32 bits per heavy atom. The zero-order chi connectivity index (χ0) is 13.8. The molecule has 0 bridgehead atoms. The monoisotopic (exact) mass is 301 g/mol. The topological polar surface area (TPSA) is 21.3 Å². The molecular weight excluding hydrogens is 281 g/mol. The highest BCUT2D eigenvalue weighted by Crippen LogP contribution is 2.29. The van der Waals surface area contributed by atoms with E-state index in [0.717, 1.165) is 41.7 Å². The van der Waals surface area contributed by atoms with Gasteiger partial charge in [0.25, 0.3) is 0 Å². The molecule has 1 aliphatic rings. The largest absolute Gasteiger partial charge is 0.381 e. The zero-order valence-electron chi connectivity index (χ0n) is 11.5. The van der Waals surface area contributed by atoms with Crippen molar-refractivity contribution in [2.45, 2.75) is 38.8 Å². The second-order valence-electron chi connectivity index (χ2n) is 5.46. The third kappa shape index (κ3) is 4.09. The zero-order valence-corrected chi connectivity index (χ0v) is 13.0. The van der Waals surface area contributed by atoms with Gasteiger partial charge >= 0.3 is 0 Å². The minimum atomic E-state index is 0.425. The predicted octanol–water partition coefficient (Wildman–Crippen LogP) is 3.94. The maximum absolute atomic E-state index is 6.26. The Kier molecular flexibility index (Phi) is 5.52. The molecule has 19 heavy (non-hydrogen) atoms. The van der Waals surface area contributed by atoms with Crippen LogP contribution in [0, 0.1) is 5.92 Å². The molecule has 1 N–H and O–H groups in total. The van der Waals surface area contributed by atoms with Gasteiger partial charge in [0.2, 0.25) is 0 Å². The van der Waals surface area contributed by atoms with Gasteiger partial charge in [0.1, 0.15) is 0 Å². The first-order chi connectivity index (χ1) is 9.08. The van der Waals surface area contributed by atoms with Gasteiger partial charge in [0, 0.05) is 34.7 Å².